The van der Waals surface area contributed by atoms with E-state index < -0.39 is 0 Å². The SMILES string of the molecule is CC(C)ON=Cc1ccc2ccccc2c1. The zero-order valence-corrected chi connectivity index (χ0v) is 9.55. The maximum Gasteiger partial charge on any atom is 0.122 e. The van der Waals surface area contributed by atoms with Crippen molar-refractivity contribution in [2.24, 2.45) is 5.16 Å². The Morgan fingerprint density at radius 2 is 1.81 bits per heavy atom. The molecule has 0 amide bonds. The van der Waals surface area contributed by atoms with Crippen molar-refractivity contribution in [3.05, 3.63) is 48.0 Å². The molecule has 0 saturated heterocycles. The molecular weight excluding hydrogens is 198 g/mol. The van der Waals surface area contributed by atoms with Crippen molar-refractivity contribution < 1.29 is 4.84 Å². The molecule has 0 spiro atoms. The Morgan fingerprint density at radius 3 is 2.56 bits per heavy atom. The van der Waals surface area contributed by atoms with Crippen LogP contribution in [0.1, 0.15) is 19.4 Å². The molecule has 0 aromatic heterocycles. The summed E-state index contributed by atoms with van der Waals surface area (Å²) in [6, 6.07) is 14.5. The molecule has 16 heavy (non-hydrogen) atoms. The molecule has 2 rings (SSSR count). The van der Waals surface area contributed by atoms with Crippen molar-refractivity contribution in [3.63, 3.8) is 0 Å². The first kappa shape index (κ1) is 10.7. The second kappa shape index (κ2) is 4.79. The van der Waals surface area contributed by atoms with Gasteiger partial charge in [-0.2, -0.15) is 0 Å². The Bertz CT molecular complexity index is 503. The number of hydrogen-bond acceptors (Lipinski definition) is 2. The number of hydrogen-bond donors (Lipinski definition) is 0. The van der Waals surface area contributed by atoms with Crippen LogP contribution in [0.4, 0.5) is 0 Å². The Hall–Kier alpha value is -1.83. The Balaban J connectivity index is 2.22. The van der Waals surface area contributed by atoms with E-state index in [-0.39, 0.29) is 6.10 Å². The van der Waals surface area contributed by atoms with E-state index in [2.05, 4.69) is 29.4 Å². The van der Waals surface area contributed by atoms with Gasteiger partial charge in [-0.05, 0) is 36.2 Å². The molecule has 0 atom stereocenters. The predicted molar refractivity (Wildman–Crippen MR) is 67.8 cm³/mol. The van der Waals surface area contributed by atoms with Crippen LogP contribution in [0, 0.1) is 0 Å². The molecular formula is C14H15NO. The first-order chi connectivity index (χ1) is 7.75. The zero-order valence-electron chi connectivity index (χ0n) is 9.55. The lowest BCUT2D eigenvalue weighted by Gasteiger charge is -2.01. The largest absolute Gasteiger partial charge is 0.393 e. The van der Waals surface area contributed by atoms with Crippen molar-refractivity contribution in [1.82, 2.24) is 0 Å². The zero-order chi connectivity index (χ0) is 11.4. The summed E-state index contributed by atoms with van der Waals surface area (Å²) in [5, 5.41) is 6.38. The number of rotatable bonds is 3. The van der Waals surface area contributed by atoms with Gasteiger partial charge >= 0.3 is 0 Å². The fourth-order valence-electron chi connectivity index (χ4n) is 1.50. The smallest absolute Gasteiger partial charge is 0.122 e. The molecule has 82 valence electrons. The quantitative estimate of drug-likeness (QED) is 0.564. The van der Waals surface area contributed by atoms with Crippen molar-refractivity contribution in [3.8, 4) is 0 Å². The predicted octanol–water partition coefficient (Wildman–Crippen LogP) is 3.60. The van der Waals surface area contributed by atoms with Gasteiger partial charge in [0.25, 0.3) is 0 Å². The van der Waals surface area contributed by atoms with Crippen LogP contribution in [-0.4, -0.2) is 12.3 Å². The fraction of sp³-hybridized carbons (Fsp3) is 0.214. The van der Waals surface area contributed by atoms with Gasteiger partial charge in [0.2, 0.25) is 0 Å². The molecule has 0 aliphatic heterocycles. The van der Waals surface area contributed by atoms with E-state index in [1.54, 1.807) is 6.21 Å². The summed E-state index contributed by atoms with van der Waals surface area (Å²) >= 11 is 0. The molecule has 0 bridgehead atoms. The van der Waals surface area contributed by atoms with Crippen molar-refractivity contribution in [2.75, 3.05) is 0 Å². The van der Waals surface area contributed by atoms with E-state index in [9.17, 15) is 0 Å². The molecule has 2 aromatic rings. The number of benzene rings is 2. The summed E-state index contributed by atoms with van der Waals surface area (Å²) in [5.41, 5.74) is 1.05. The second-order valence-electron chi connectivity index (χ2n) is 4.00. The van der Waals surface area contributed by atoms with E-state index in [0.29, 0.717) is 0 Å². The maximum absolute atomic E-state index is 5.13. The maximum atomic E-state index is 5.13. The van der Waals surface area contributed by atoms with E-state index in [4.69, 9.17) is 4.84 Å². The molecule has 0 fully saturated rings. The lowest BCUT2D eigenvalue weighted by molar-refractivity contribution is 0.0874. The number of oxime groups is 1. The summed E-state index contributed by atoms with van der Waals surface area (Å²) < 4.78 is 0. The van der Waals surface area contributed by atoms with Gasteiger partial charge in [-0.1, -0.05) is 41.6 Å². The first-order valence-electron chi connectivity index (χ1n) is 5.44. The van der Waals surface area contributed by atoms with Gasteiger partial charge in [0.05, 0.1) is 6.21 Å². The van der Waals surface area contributed by atoms with Crippen LogP contribution in [0.2, 0.25) is 0 Å². The summed E-state index contributed by atoms with van der Waals surface area (Å²) in [6.07, 6.45) is 1.86. The summed E-state index contributed by atoms with van der Waals surface area (Å²) in [6.45, 7) is 3.91. The lowest BCUT2D eigenvalue weighted by atomic mass is 10.1. The van der Waals surface area contributed by atoms with Crippen LogP contribution >= 0.6 is 0 Å². The highest BCUT2D eigenvalue weighted by Gasteiger charge is 1.94. The van der Waals surface area contributed by atoms with Crippen LogP contribution < -0.4 is 0 Å². The Kier molecular flexibility index (Phi) is 3.20. The summed E-state index contributed by atoms with van der Waals surface area (Å²) in [7, 11) is 0. The second-order valence-corrected chi connectivity index (χ2v) is 4.00. The molecule has 0 heterocycles. The molecule has 0 N–H and O–H groups in total. The third kappa shape index (κ3) is 2.60. The van der Waals surface area contributed by atoms with Gasteiger partial charge in [0.15, 0.2) is 0 Å². The van der Waals surface area contributed by atoms with E-state index in [1.165, 1.54) is 10.8 Å². The topological polar surface area (TPSA) is 21.6 Å². The Labute approximate surface area is 95.5 Å². The molecule has 0 aliphatic rings. The average Bonchev–Trinajstić information content (AvgIpc) is 2.28. The van der Waals surface area contributed by atoms with Crippen molar-refractivity contribution >= 4 is 17.0 Å². The third-order valence-electron chi connectivity index (χ3n) is 2.25. The van der Waals surface area contributed by atoms with Crippen LogP contribution in [0.5, 0.6) is 0 Å². The first-order valence-corrected chi connectivity index (χ1v) is 5.44. The van der Waals surface area contributed by atoms with Gasteiger partial charge < -0.3 is 4.84 Å². The van der Waals surface area contributed by atoms with Crippen LogP contribution in [0.3, 0.4) is 0 Å². The Morgan fingerprint density at radius 1 is 1.06 bits per heavy atom. The number of fused-ring (bicyclic) bond motifs is 1. The molecule has 2 aromatic carbocycles. The molecule has 0 saturated carbocycles. The summed E-state index contributed by atoms with van der Waals surface area (Å²) in [4.78, 5) is 5.13. The standard InChI is InChI=1S/C14H15NO/c1-11(2)16-15-10-12-7-8-13-5-3-4-6-14(13)9-12/h3-11H,1-2H3. The normalized spacial score (nSPS) is 11.4. The highest BCUT2D eigenvalue weighted by molar-refractivity contribution is 5.90. The minimum Gasteiger partial charge on any atom is -0.393 e. The molecule has 2 heteroatoms. The molecule has 0 aliphatic carbocycles. The highest BCUT2D eigenvalue weighted by atomic mass is 16.6. The fourth-order valence-corrected chi connectivity index (χ4v) is 1.50. The average molecular weight is 213 g/mol. The highest BCUT2D eigenvalue weighted by Crippen LogP contribution is 2.14. The monoisotopic (exact) mass is 213 g/mol. The van der Waals surface area contributed by atoms with E-state index in [1.807, 2.05) is 32.0 Å². The van der Waals surface area contributed by atoms with Crippen molar-refractivity contribution in [2.45, 2.75) is 20.0 Å². The minimum absolute atomic E-state index is 0.122. The van der Waals surface area contributed by atoms with Crippen LogP contribution in [-0.2, 0) is 4.84 Å². The molecule has 2 nitrogen and oxygen atoms in total. The van der Waals surface area contributed by atoms with E-state index in [0.717, 1.165) is 5.56 Å². The third-order valence-corrected chi connectivity index (χ3v) is 2.25. The lowest BCUT2D eigenvalue weighted by Crippen LogP contribution is -1.96. The van der Waals surface area contributed by atoms with Crippen molar-refractivity contribution in [1.29, 1.82) is 0 Å². The van der Waals surface area contributed by atoms with Gasteiger partial charge in [-0.25, -0.2) is 0 Å². The van der Waals surface area contributed by atoms with Gasteiger partial charge in [-0.15, -0.1) is 0 Å². The van der Waals surface area contributed by atoms with E-state index >= 15 is 0 Å². The minimum atomic E-state index is 0.122. The number of nitrogens with zero attached hydrogens (tertiary/aromatic N) is 1. The van der Waals surface area contributed by atoms with Gasteiger partial charge in [-0.3, -0.25) is 0 Å². The molecule has 0 unspecified atom stereocenters. The van der Waals surface area contributed by atoms with Gasteiger partial charge in [0, 0.05) is 0 Å². The van der Waals surface area contributed by atoms with Crippen LogP contribution in [0.25, 0.3) is 10.8 Å². The summed E-state index contributed by atoms with van der Waals surface area (Å²) in [5.74, 6) is 0. The van der Waals surface area contributed by atoms with Gasteiger partial charge in [0.1, 0.15) is 6.10 Å². The molecule has 0 radical (unpaired) electrons. The van der Waals surface area contributed by atoms with Crippen LogP contribution in [0.15, 0.2) is 47.6 Å².